The lowest BCUT2D eigenvalue weighted by Gasteiger charge is -2.07. The van der Waals surface area contributed by atoms with Gasteiger partial charge in [-0.15, -0.1) is 0 Å². The van der Waals surface area contributed by atoms with Gasteiger partial charge in [0.25, 0.3) is 0 Å². The first-order valence-electron chi connectivity index (χ1n) is 5.47. The summed E-state index contributed by atoms with van der Waals surface area (Å²) in [7, 11) is 0. The number of aromatic nitrogens is 1. The van der Waals surface area contributed by atoms with E-state index in [4.69, 9.17) is 11.6 Å². The number of halogens is 1. The van der Waals surface area contributed by atoms with Crippen molar-refractivity contribution in [3.05, 3.63) is 52.2 Å². The number of nitrogens with zero attached hydrogens (tertiary/aromatic N) is 1. The third kappa shape index (κ3) is 2.92. The van der Waals surface area contributed by atoms with Gasteiger partial charge in [0.1, 0.15) is 5.03 Å². The molecule has 0 amide bonds. The van der Waals surface area contributed by atoms with Crippen LogP contribution in [0.1, 0.15) is 21.6 Å². The maximum atomic E-state index is 11.0. The minimum atomic E-state index is 0.575. The van der Waals surface area contributed by atoms with Crippen LogP contribution in [0.2, 0.25) is 5.02 Å². The lowest BCUT2D eigenvalue weighted by Crippen LogP contribution is -1.90. The fourth-order valence-corrected chi connectivity index (χ4v) is 3.03. The zero-order valence-corrected chi connectivity index (χ0v) is 11.7. The van der Waals surface area contributed by atoms with E-state index in [2.05, 4.69) is 4.98 Å². The van der Waals surface area contributed by atoms with Crippen LogP contribution in [0.4, 0.5) is 0 Å². The minimum absolute atomic E-state index is 0.575. The molecule has 1 heterocycles. The highest BCUT2D eigenvalue weighted by Gasteiger charge is 2.09. The maximum absolute atomic E-state index is 11.0. The fourth-order valence-electron chi connectivity index (χ4n) is 1.69. The molecule has 92 valence electrons. The number of aldehydes is 1. The number of hydrogen-bond donors (Lipinski definition) is 0. The van der Waals surface area contributed by atoms with Gasteiger partial charge < -0.3 is 0 Å². The molecule has 0 aliphatic rings. The highest BCUT2D eigenvalue weighted by Crippen LogP contribution is 2.34. The predicted molar refractivity (Wildman–Crippen MR) is 74.7 cm³/mol. The molecule has 0 saturated heterocycles. The lowest BCUT2D eigenvalue weighted by molar-refractivity contribution is 0.112. The summed E-state index contributed by atoms with van der Waals surface area (Å²) in [5.74, 6) is 0. The highest BCUT2D eigenvalue weighted by atomic mass is 35.5. The molecule has 0 N–H and O–H groups in total. The molecule has 18 heavy (non-hydrogen) atoms. The van der Waals surface area contributed by atoms with E-state index < -0.39 is 0 Å². The van der Waals surface area contributed by atoms with Gasteiger partial charge in [0, 0.05) is 16.2 Å². The monoisotopic (exact) mass is 277 g/mol. The summed E-state index contributed by atoms with van der Waals surface area (Å²) < 4.78 is 0. The first-order chi connectivity index (χ1) is 8.60. The van der Waals surface area contributed by atoms with Crippen LogP contribution >= 0.6 is 23.4 Å². The standard InChI is InChI=1S/C14H12ClNOS/c1-9-6-10(2)16-13(7-9)18-14-11(8-17)4-3-5-12(14)15/h3-8H,1-2H3. The summed E-state index contributed by atoms with van der Waals surface area (Å²) in [5, 5.41) is 1.43. The highest BCUT2D eigenvalue weighted by molar-refractivity contribution is 7.99. The SMILES string of the molecule is Cc1cc(C)nc(Sc2c(Cl)cccc2C=O)c1. The number of pyridine rings is 1. The van der Waals surface area contributed by atoms with Crippen LogP contribution in [0, 0.1) is 13.8 Å². The van der Waals surface area contributed by atoms with Crippen molar-refractivity contribution in [1.82, 2.24) is 4.98 Å². The molecule has 1 aromatic carbocycles. The molecule has 4 heteroatoms. The summed E-state index contributed by atoms with van der Waals surface area (Å²) in [6, 6.07) is 9.29. The van der Waals surface area contributed by atoms with Crippen molar-refractivity contribution in [2.75, 3.05) is 0 Å². The van der Waals surface area contributed by atoms with Gasteiger partial charge in [-0.3, -0.25) is 4.79 Å². The van der Waals surface area contributed by atoms with Crippen molar-refractivity contribution >= 4 is 29.6 Å². The van der Waals surface area contributed by atoms with Crippen molar-refractivity contribution < 1.29 is 4.79 Å². The number of carbonyl (C=O) groups excluding carboxylic acids is 1. The first-order valence-corrected chi connectivity index (χ1v) is 6.66. The molecule has 0 radical (unpaired) electrons. The van der Waals surface area contributed by atoms with E-state index in [0.717, 1.165) is 27.5 Å². The van der Waals surface area contributed by atoms with Gasteiger partial charge in [0.2, 0.25) is 0 Å². The second-order valence-corrected chi connectivity index (χ2v) is 5.44. The normalized spacial score (nSPS) is 10.4. The van der Waals surface area contributed by atoms with Crippen LogP contribution in [0.15, 0.2) is 40.3 Å². The van der Waals surface area contributed by atoms with Crippen LogP contribution in [0.3, 0.4) is 0 Å². The van der Waals surface area contributed by atoms with Crippen molar-refractivity contribution in [1.29, 1.82) is 0 Å². The molecule has 1 aromatic heterocycles. The van der Waals surface area contributed by atoms with Gasteiger partial charge in [-0.05, 0) is 37.6 Å². The summed E-state index contributed by atoms with van der Waals surface area (Å²) >= 11 is 7.55. The lowest BCUT2D eigenvalue weighted by atomic mass is 10.2. The Labute approximate surface area is 115 Å². The number of carbonyl (C=O) groups is 1. The summed E-state index contributed by atoms with van der Waals surface area (Å²) in [6.07, 6.45) is 0.816. The molecule has 0 unspecified atom stereocenters. The second kappa shape index (κ2) is 5.55. The molecule has 0 bridgehead atoms. The van der Waals surface area contributed by atoms with Gasteiger partial charge >= 0.3 is 0 Å². The van der Waals surface area contributed by atoms with Crippen LogP contribution in [0.25, 0.3) is 0 Å². The van der Waals surface area contributed by atoms with Crippen LogP contribution in [-0.2, 0) is 0 Å². The molecule has 2 nitrogen and oxygen atoms in total. The average Bonchev–Trinajstić information content (AvgIpc) is 2.30. The third-order valence-electron chi connectivity index (χ3n) is 2.41. The van der Waals surface area contributed by atoms with Crippen molar-refractivity contribution in [2.24, 2.45) is 0 Å². The van der Waals surface area contributed by atoms with E-state index in [1.54, 1.807) is 18.2 Å². The second-order valence-electron chi connectivity index (χ2n) is 4.00. The number of benzene rings is 1. The Bertz CT molecular complexity index is 578. The number of hydrogen-bond acceptors (Lipinski definition) is 3. The third-order valence-corrected chi connectivity index (χ3v) is 3.91. The molecule has 2 aromatic rings. The Morgan fingerprint density at radius 3 is 2.72 bits per heavy atom. The smallest absolute Gasteiger partial charge is 0.151 e. The Morgan fingerprint density at radius 2 is 2.06 bits per heavy atom. The number of rotatable bonds is 3. The Balaban J connectivity index is 2.42. The zero-order valence-electron chi connectivity index (χ0n) is 10.1. The molecule has 0 saturated carbocycles. The van der Waals surface area contributed by atoms with E-state index in [-0.39, 0.29) is 0 Å². The van der Waals surface area contributed by atoms with Gasteiger partial charge in [-0.25, -0.2) is 4.98 Å². The van der Waals surface area contributed by atoms with Crippen molar-refractivity contribution in [3.63, 3.8) is 0 Å². The molecule has 0 fully saturated rings. The topological polar surface area (TPSA) is 30.0 Å². The summed E-state index contributed by atoms with van der Waals surface area (Å²) in [5.41, 5.74) is 2.69. The van der Waals surface area contributed by atoms with Gasteiger partial charge in [0.15, 0.2) is 6.29 Å². The van der Waals surface area contributed by atoms with Gasteiger partial charge in [-0.1, -0.05) is 35.5 Å². The van der Waals surface area contributed by atoms with E-state index in [9.17, 15) is 4.79 Å². The van der Waals surface area contributed by atoms with Crippen molar-refractivity contribution in [3.8, 4) is 0 Å². The maximum Gasteiger partial charge on any atom is 0.151 e. The molecule has 0 aliphatic heterocycles. The predicted octanol–water partition coefficient (Wildman–Crippen LogP) is 4.32. The largest absolute Gasteiger partial charge is 0.298 e. The molecule has 2 rings (SSSR count). The zero-order chi connectivity index (χ0) is 13.1. The van der Waals surface area contributed by atoms with Gasteiger partial charge in [0.05, 0.1) is 5.02 Å². The summed E-state index contributed by atoms with van der Waals surface area (Å²) in [6.45, 7) is 3.97. The van der Waals surface area contributed by atoms with Crippen molar-refractivity contribution in [2.45, 2.75) is 23.8 Å². The molecule has 0 aliphatic carbocycles. The van der Waals surface area contributed by atoms with E-state index >= 15 is 0 Å². The van der Waals surface area contributed by atoms with Gasteiger partial charge in [-0.2, -0.15) is 0 Å². The Kier molecular flexibility index (Phi) is 4.04. The fraction of sp³-hybridized carbons (Fsp3) is 0.143. The molecule has 0 atom stereocenters. The van der Waals surface area contributed by atoms with E-state index in [1.165, 1.54) is 11.8 Å². The quantitative estimate of drug-likeness (QED) is 0.783. The summed E-state index contributed by atoms with van der Waals surface area (Å²) in [4.78, 5) is 16.2. The van der Waals surface area contributed by atoms with Crippen LogP contribution < -0.4 is 0 Å². The average molecular weight is 278 g/mol. The Hall–Kier alpha value is -1.32. The number of aryl methyl sites for hydroxylation is 2. The molecular formula is C14H12ClNOS. The minimum Gasteiger partial charge on any atom is -0.298 e. The molecular weight excluding hydrogens is 266 g/mol. The molecule has 0 spiro atoms. The van der Waals surface area contributed by atoms with Crippen LogP contribution in [0.5, 0.6) is 0 Å². The van der Waals surface area contributed by atoms with E-state index in [0.29, 0.717) is 10.6 Å². The van der Waals surface area contributed by atoms with Crippen LogP contribution in [-0.4, -0.2) is 11.3 Å². The first kappa shape index (κ1) is 13.1. The van der Waals surface area contributed by atoms with E-state index in [1.807, 2.05) is 26.0 Å². The Morgan fingerprint density at radius 1 is 1.28 bits per heavy atom.